The molecule has 5 nitrogen and oxygen atoms in total. The number of oxime groups is 1. The lowest BCUT2D eigenvalue weighted by atomic mass is 10.1. The van der Waals surface area contributed by atoms with Crippen molar-refractivity contribution >= 4 is 39.3 Å². The van der Waals surface area contributed by atoms with Crippen LogP contribution < -0.4 is 5.73 Å². The van der Waals surface area contributed by atoms with E-state index >= 15 is 0 Å². The number of hydrogen-bond donors (Lipinski definition) is 2. The molecule has 2 rings (SSSR count). The molecule has 0 radical (unpaired) electrons. The van der Waals surface area contributed by atoms with Gasteiger partial charge in [0.15, 0.2) is 5.84 Å². The van der Waals surface area contributed by atoms with E-state index in [1.54, 1.807) is 23.1 Å². The van der Waals surface area contributed by atoms with Crippen LogP contribution in [0.25, 0.3) is 0 Å². The molecular weight excluding hydrogens is 358 g/mol. The van der Waals surface area contributed by atoms with Crippen molar-refractivity contribution in [2.75, 3.05) is 6.54 Å². The molecule has 0 bridgehead atoms. The normalized spacial score (nSPS) is 16.2. The molecule has 1 amide bonds. The first kappa shape index (κ1) is 16.1. The Morgan fingerprint density at radius 3 is 2.71 bits per heavy atom. The van der Waals surface area contributed by atoms with E-state index in [-0.39, 0.29) is 24.3 Å². The summed E-state index contributed by atoms with van der Waals surface area (Å²) in [5.41, 5.74) is 6.08. The maximum atomic E-state index is 12.7. The quantitative estimate of drug-likeness (QED) is 0.367. The number of rotatable bonds is 4. The fraction of sp³-hybridized carbons (Fsp3) is 0.429. The van der Waals surface area contributed by atoms with Crippen molar-refractivity contribution in [1.29, 1.82) is 0 Å². The van der Waals surface area contributed by atoms with Gasteiger partial charge in [-0.3, -0.25) is 4.79 Å². The number of carbonyl (C=O) groups excluding carboxylic acids is 1. The highest BCUT2D eigenvalue weighted by Crippen LogP contribution is 2.27. The van der Waals surface area contributed by atoms with Crippen molar-refractivity contribution in [3.05, 3.63) is 33.3 Å². The number of nitrogens with zero attached hydrogens (tertiary/aromatic N) is 2. The van der Waals surface area contributed by atoms with Gasteiger partial charge in [-0.15, -0.1) is 0 Å². The highest BCUT2D eigenvalue weighted by Gasteiger charge is 2.28. The van der Waals surface area contributed by atoms with E-state index in [4.69, 9.17) is 22.5 Å². The molecule has 21 heavy (non-hydrogen) atoms. The van der Waals surface area contributed by atoms with E-state index < -0.39 is 0 Å². The van der Waals surface area contributed by atoms with Crippen molar-refractivity contribution in [2.45, 2.75) is 31.7 Å². The monoisotopic (exact) mass is 373 g/mol. The Morgan fingerprint density at radius 2 is 2.14 bits per heavy atom. The molecule has 0 spiro atoms. The van der Waals surface area contributed by atoms with Crippen LogP contribution in [-0.2, 0) is 0 Å². The van der Waals surface area contributed by atoms with Crippen LogP contribution in [0, 0.1) is 0 Å². The molecule has 0 heterocycles. The van der Waals surface area contributed by atoms with Crippen LogP contribution in [0.1, 0.15) is 36.0 Å². The van der Waals surface area contributed by atoms with Gasteiger partial charge in [-0.05, 0) is 47.0 Å². The third kappa shape index (κ3) is 3.89. The minimum atomic E-state index is -0.150. The Morgan fingerprint density at radius 1 is 1.48 bits per heavy atom. The summed E-state index contributed by atoms with van der Waals surface area (Å²) in [5, 5.41) is 12.2. The van der Waals surface area contributed by atoms with Gasteiger partial charge in [0.05, 0.1) is 11.6 Å². The molecule has 114 valence electrons. The molecule has 0 atom stereocenters. The van der Waals surface area contributed by atoms with Gasteiger partial charge < -0.3 is 15.8 Å². The van der Waals surface area contributed by atoms with Crippen LogP contribution >= 0.6 is 27.5 Å². The van der Waals surface area contributed by atoms with Gasteiger partial charge in [0, 0.05) is 16.1 Å². The van der Waals surface area contributed by atoms with Crippen molar-refractivity contribution in [3.63, 3.8) is 0 Å². The number of carbonyl (C=O) groups is 1. The van der Waals surface area contributed by atoms with Crippen molar-refractivity contribution in [2.24, 2.45) is 10.9 Å². The summed E-state index contributed by atoms with van der Waals surface area (Å²) in [5.74, 6) is -0.124. The predicted molar refractivity (Wildman–Crippen MR) is 85.9 cm³/mol. The predicted octanol–water partition coefficient (Wildman–Crippen LogP) is 3.23. The maximum Gasteiger partial charge on any atom is 0.254 e. The van der Waals surface area contributed by atoms with Gasteiger partial charge in [-0.1, -0.05) is 29.6 Å². The third-order valence-corrected chi connectivity index (χ3v) is 4.89. The first-order chi connectivity index (χ1) is 10.0. The van der Waals surface area contributed by atoms with E-state index in [2.05, 4.69) is 21.1 Å². The number of halogens is 2. The zero-order chi connectivity index (χ0) is 15.4. The van der Waals surface area contributed by atoms with E-state index in [9.17, 15) is 4.79 Å². The molecular formula is C14H17BrClN3O2. The van der Waals surface area contributed by atoms with E-state index in [0.717, 1.165) is 30.2 Å². The largest absolute Gasteiger partial charge is 0.409 e. The zero-order valence-electron chi connectivity index (χ0n) is 11.4. The minimum absolute atomic E-state index is 0.0264. The molecule has 1 fully saturated rings. The van der Waals surface area contributed by atoms with Gasteiger partial charge >= 0.3 is 0 Å². The second kappa shape index (κ2) is 7.13. The smallest absolute Gasteiger partial charge is 0.254 e. The summed E-state index contributed by atoms with van der Waals surface area (Å²) in [6.45, 7) is 0.119. The highest BCUT2D eigenvalue weighted by atomic mass is 79.9. The number of amidine groups is 1. The zero-order valence-corrected chi connectivity index (χ0v) is 13.8. The Balaban J connectivity index is 2.25. The lowest BCUT2D eigenvalue weighted by molar-refractivity contribution is 0.0712. The van der Waals surface area contributed by atoms with Crippen molar-refractivity contribution in [1.82, 2.24) is 4.90 Å². The molecule has 1 aliphatic rings. The van der Waals surface area contributed by atoms with Crippen LogP contribution in [0.4, 0.5) is 0 Å². The van der Waals surface area contributed by atoms with Crippen LogP contribution in [0.5, 0.6) is 0 Å². The molecule has 1 aromatic carbocycles. The number of nitrogens with two attached hydrogens (primary N) is 1. The summed E-state index contributed by atoms with van der Waals surface area (Å²) >= 11 is 9.35. The first-order valence-electron chi connectivity index (χ1n) is 6.75. The topological polar surface area (TPSA) is 78.9 Å². The number of amides is 1. The lowest BCUT2D eigenvalue weighted by Gasteiger charge is -2.28. The van der Waals surface area contributed by atoms with E-state index in [0.29, 0.717) is 10.6 Å². The van der Waals surface area contributed by atoms with Crippen LogP contribution in [0.2, 0.25) is 5.02 Å². The van der Waals surface area contributed by atoms with Crippen molar-refractivity contribution in [3.8, 4) is 0 Å². The highest BCUT2D eigenvalue weighted by molar-refractivity contribution is 9.10. The molecule has 0 saturated heterocycles. The molecule has 1 aromatic rings. The molecule has 1 aliphatic carbocycles. The van der Waals surface area contributed by atoms with Gasteiger partial charge in [0.1, 0.15) is 0 Å². The SMILES string of the molecule is N/C(CN(C(=O)c1ccc(Br)c(Cl)c1)C1CCCC1)=N/O. The fourth-order valence-electron chi connectivity index (χ4n) is 2.58. The Kier molecular flexibility index (Phi) is 5.47. The third-order valence-electron chi connectivity index (χ3n) is 3.65. The van der Waals surface area contributed by atoms with E-state index in [1.807, 2.05) is 0 Å². The average Bonchev–Trinajstić information content (AvgIpc) is 3.00. The van der Waals surface area contributed by atoms with E-state index in [1.165, 1.54) is 0 Å². The Bertz CT molecular complexity index is 559. The molecule has 3 N–H and O–H groups in total. The summed E-state index contributed by atoms with van der Waals surface area (Å²) in [6.07, 6.45) is 4.06. The van der Waals surface area contributed by atoms with Crippen molar-refractivity contribution < 1.29 is 10.0 Å². The summed E-state index contributed by atoms with van der Waals surface area (Å²) in [6, 6.07) is 5.21. The first-order valence-corrected chi connectivity index (χ1v) is 7.92. The number of benzene rings is 1. The molecule has 0 aromatic heterocycles. The second-order valence-electron chi connectivity index (χ2n) is 5.09. The van der Waals surface area contributed by atoms with Crippen LogP contribution in [0.15, 0.2) is 27.8 Å². The Labute approximate surface area is 136 Å². The van der Waals surface area contributed by atoms with Gasteiger partial charge in [-0.2, -0.15) is 0 Å². The lowest BCUT2D eigenvalue weighted by Crippen LogP contribution is -2.44. The Hall–Kier alpha value is -1.27. The van der Waals surface area contributed by atoms with Gasteiger partial charge in [0.25, 0.3) is 5.91 Å². The molecule has 0 aliphatic heterocycles. The van der Waals surface area contributed by atoms with Gasteiger partial charge in [0.2, 0.25) is 0 Å². The molecule has 7 heteroatoms. The fourth-order valence-corrected chi connectivity index (χ4v) is 3.01. The van der Waals surface area contributed by atoms with Crippen LogP contribution in [0.3, 0.4) is 0 Å². The van der Waals surface area contributed by atoms with Gasteiger partial charge in [-0.25, -0.2) is 0 Å². The average molecular weight is 375 g/mol. The number of hydrogen-bond acceptors (Lipinski definition) is 3. The molecule has 1 saturated carbocycles. The standard InChI is InChI=1S/C14H17BrClN3O2/c15-11-6-5-9(7-12(11)16)14(20)19(8-13(17)18-21)10-3-1-2-4-10/h5-7,10,21H,1-4,8H2,(H2,17,18). The minimum Gasteiger partial charge on any atom is -0.409 e. The summed E-state index contributed by atoms with van der Waals surface area (Å²) < 4.78 is 0.740. The molecule has 0 unspecified atom stereocenters. The van der Waals surface area contributed by atoms with Crippen LogP contribution in [-0.4, -0.2) is 34.4 Å². The summed E-state index contributed by atoms with van der Waals surface area (Å²) in [4.78, 5) is 14.4. The maximum absolute atomic E-state index is 12.7. The second-order valence-corrected chi connectivity index (χ2v) is 6.35. The summed E-state index contributed by atoms with van der Waals surface area (Å²) in [7, 11) is 0.